The van der Waals surface area contributed by atoms with Crippen molar-refractivity contribution in [2.24, 2.45) is 0 Å². The number of pyridine rings is 1. The molecule has 164 valence electrons. The first-order valence-electron chi connectivity index (χ1n) is 11.3. The highest BCUT2D eigenvalue weighted by Gasteiger charge is 2.24. The van der Waals surface area contributed by atoms with E-state index in [1.165, 1.54) is 0 Å². The fourth-order valence-corrected chi connectivity index (χ4v) is 4.23. The zero-order valence-electron chi connectivity index (χ0n) is 18.7. The van der Waals surface area contributed by atoms with Crippen LogP contribution in [0.4, 0.5) is 5.69 Å². The van der Waals surface area contributed by atoms with Crippen molar-refractivity contribution in [3.63, 3.8) is 0 Å². The number of rotatable bonds is 6. The van der Waals surface area contributed by atoms with Crippen LogP contribution >= 0.6 is 0 Å². The Labute approximate surface area is 189 Å². The number of hydrogen-bond donors (Lipinski definition) is 1. The number of carbonyl (C=O) groups excluding carboxylic acids is 2. The highest BCUT2D eigenvalue weighted by Crippen LogP contribution is 2.33. The summed E-state index contributed by atoms with van der Waals surface area (Å²) in [5, 5.41) is 3.05. The van der Waals surface area contributed by atoms with E-state index >= 15 is 0 Å². The number of nitrogens with zero attached hydrogens (tertiary/aromatic N) is 2. The molecule has 0 spiro atoms. The maximum atomic E-state index is 13.3. The third-order valence-electron chi connectivity index (χ3n) is 5.98. The van der Waals surface area contributed by atoms with Crippen LogP contribution in [-0.2, 0) is 17.8 Å². The fourth-order valence-electron chi connectivity index (χ4n) is 4.23. The number of carbonyl (C=O) groups is 2. The first kappa shape index (κ1) is 21.8. The van der Waals surface area contributed by atoms with Crippen molar-refractivity contribution in [2.45, 2.75) is 46.1 Å². The van der Waals surface area contributed by atoms with Crippen LogP contribution in [0, 0.1) is 6.92 Å². The van der Waals surface area contributed by atoms with Gasteiger partial charge < -0.3 is 10.2 Å². The second kappa shape index (κ2) is 9.77. The van der Waals surface area contributed by atoms with Crippen molar-refractivity contribution >= 4 is 17.5 Å². The average molecular weight is 428 g/mol. The Balaban J connectivity index is 1.73. The molecular formula is C27H29N3O2. The Morgan fingerprint density at radius 1 is 1.09 bits per heavy atom. The lowest BCUT2D eigenvalue weighted by Crippen LogP contribution is -2.35. The van der Waals surface area contributed by atoms with Gasteiger partial charge in [-0.05, 0) is 66.6 Å². The molecule has 2 amide bonds. The van der Waals surface area contributed by atoms with E-state index < -0.39 is 0 Å². The summed E-state index contributed by atoms with van der Waals surface area (Å²) in [6.07, 6.45) is 4.95. The van der Waals surface area contributed by atoms with Gasteiger partial charge in [0.15, 0.2) is 0 Å². The summed E-state index contributed by atoms with van der Waals surface area (Å²) in [7, 11) is 0. The average Bonchev–Trinajstić information content (AvgIpc) is 2.83. The van der Waals surface area contributed by atoms with Crippen molar-refractivity contribution in [3.05, 3.63) is 83.2 Å². The summed E-state index contributed by atoms with van der Waals surface area (Å²) < 4.78 is 0. The number of aryl methyl sites for hydroxylation is 1. The third-order valence-corrected chi connectivity index (χ3v) is 5.98. The molecular weight excluding hydrogens is 398 g/mol. The van der Waals surface area contributed by atoms with Crippen molar-refractivity contribution in [3.8, 4) is 11.1 Å². The van der Waals surface area contributed by atoms with Crippen LogP contribution in [0.5, 0.6) is 0 Å². The number of amides is 2. The van der Waals surface area contributed by atoms with Gasteiger partial charge in [-0.15, -0.1) is 0 Å². The zero-order chi connectivity index (χ0) is 22.5. The van der Waals surface area contributed by atoms with E-state index in [1.54, 1.807) is 6.20 Å². The van der Waals surface area contributed by atoms with E-state index in [0.717, 1.165) is 46.5 Å². The van der Waals surface area contributed by atoms with Gasteiger partial charge in [0.2, 0.25) is 5.91 Å². The van der Waals surface area contributed by atoms with Gasteiger partial charge in [-0.25, -0.2) is 0 Å². The Morgan fingerprint density at radius 2 is 1.91 bits per heavy atom. The van der Waals surface area contributed by atoms with E-state index in [2.05, 4.69) is 35.4 Å². The Bertz CT molecular complexity index is 1110. The third kappa shape index (κ3) is 4.72. The highest BCUT2D eigenvalue weighted by molar-refractivity contribution is 6.01. The molecule has 2 heterocycles. The number of anilines is 1. The van der Waals surface area contributed by atoms with Crippen molar-refractivity contribution < 1.29 is 9.59 Å². The molecule has 2 aromatic carbocycles. The van der Waals surface area contributed by atoms with Crippen LogP contribution in [0.25, 0.3) is 11.1 Å². The molecule has 0 aliphatic carbocycles. The van der Waals surface area contributed by atoms with E-state index in [9.17, 15) is 9.59 Å². The second-order valence-corrected chi connectivity index (χ2v) is 8.23. The molecule has 5 heteroatoms. The van der Waals surface area contributed by atoms with Crippen LogP contribution in [0.2, 0.25) is 0 Å². The normalized spacial score (nSPS) is 13.8. The number of hydrogen-bond acceptors (Lipinski definition) is 3. The van der Waals surface area contributed by atoms with E-state index in [-0.39, 0.29) is 11.8 Å². The molecule has 0 unspecified atom stereocenters. The molecule has 1 aliphatic heterocycles. The minimum atomic E-state index is -0.133. The fraction of sp³-hybridized carbons (Fsp3) is 0.296. The van der Waals surface area contributed by atoms with Crippen molar-refractivity contribution in [1.29, 1.82) is 0 Å². The lowest BCUT2D eigenvalue weighted by atomic mass is 9.91. The van der Waals surface area contributed by atoms with E-state index in [0.29, 0.717) is 31.5 Å². The van der Waals surface area contributed by atoms with Crippen LogP contribution in [0.1, 0.15) is 53.4 Å². The van der Waals surface area contributed by atoms with Crippen LogP contribution in [-0.4, -0.2) is 23.3 Å². The van der Waals surface area contributed by atoms with Crippen LogP contribution in [0.15, 0.2) is 60.8 Å². The smallest absolute Gasteiger partial charge is 0.251 e. The molecule has 1 aromatic heterocycles. The summed E-state index contributed by atoms with van der Waals surface area (Å²) in [5.41, 5.74) is 6.37. The molecule has 0 bridgehead atoms. The number of benzene rings is 2. The summed E-state index contributed by atoms with van der Waals surface area (Å²) in [4.78, 5) is 32.1. The van der Waals surface area contributed by atoms with Crippen LogP contribution < -0.4 is 10.2 Å². The largest absolute Gasteiger partial charge is 0.348 e. The Kier molecular flexibility index (Phi) is 6.64. The number of piperidine rings is 1. The highest BCUT2D eigenvalue weighted by atomic mass is 16.2. The lowest BCUT2D eigenvalue weighted by molar-refractivity contribution is -0.119. The van der Waals surface area contributed by atoms with Gasteiger partial charge in [-0.1, -0.05) is 43.3 Å². The molecule has 0 saturated carbocycles. The van der Waals surface area contributed by atoms with Gasteiger partial charge in [-0.3, -0.25) is 14.6 Å². The molecule has 1 saturated heterocycles. The molecule has 32 heavy (non-hydrogen) atoms. The minimum absolute atomic E-state index is 0.122. The van der Waals surface area contributed by atoms with Crippen molar-refractivity contribution in [2.75, 3.05) is 11.4 Å². The summed E-state index contributed by atoms with van der Waals surface area (Å²) >= 11 is 0. The molecule has 1 N–H and O–H groups in total. The van der Waals surface area contributed by atoms with E-state index in [1.807, 2.05) is 48.2 Å². The topological polar surface area (TPSA) is 62.3 Å². The van der Waals surface area contributed by atoms with E-state index in [4.69, 9.17) is 0 Å². The first-order chi connectivity index (χ1) is 15.6. The maximum Gasteiger partial charge on any atom is 0.251 e. The number of aromatic nitrogens is 1. The molecule has 4 rings (SSSR count). The molecule has 1 fully saturated rings. The molecule has 3 aromatic rings. The quantitative estimate of drug-likeness (QED) is 0.598. The monoisotopic (exact) mass is 427 g/mol. The Morgan fingerprint density at radius 3 is 2.59 bits per heavy atom. The standard InChI is InChI=1S/C27H29N3O2/c1-3-23-24(21-9-5-4-6-10-21)15-22(30-14-8-7-11-26(30)31)16-25(23)27(32)29-18-20-13-12-19(2)28-17-20/h4-6,9-10,12-13,15-17H,3,7-8,11,14,18H2,1-2H3,(H,29,32). The van der Waals surface area contributed by atoms with Gasteiger partial charge in [0, 0.05) is 42.7 Å². The van der Waals surface area contributed by atoms with Crippen molar-refractivity contribution in [1.82, 2.24) is 10.3 Å². The number of nitrogens with one attached hydrogen (secondary N) is 1. The lowest BCUT2D eigenvalue weighted by Gasteiger charge is -2.28. The first-order valence-corrected chi connectivity index (χ1v) is 11.3. The van der Waals surface area contributed by atoms with Gasteiger partial charge >= 0.3 is 0 Å². The predicted molar refractivity (Wildman–Crippen MR) is 128 cm³/mol. The molecule has 0 radical (unpaired) electrons. The van der Waals surface area contributed by atoms with Gasteiger partial charge in [0.25, 0.3) is 5.91 Å². The second-order valence-electron chi connectivity index (χ2n) is 8.23. The predicted octanol–water partition coefficient (Wildman–Crippen LogP) is 5.07. The van der Waals surface area contributed by atoms with Crippen LogP contribution in [0.3, 0.4) is 0 Å². The molecule has 0 atom stereocenters. The minimum Gasteiger partial charge on any atom is -0.348 e. The molecule has 5 nitrogen and oxygen atoms in total. The summed E-state index contributed by atoms with van der Waals surface area (Å²) in [6, 6.07) is 17.9. The van der Waals surface area contributed by atoms with Gasteiger partial charge in [0.1, 0.15) is 0 Å². The maximum absolute atomic E-state index is 13.3. The SMILES string of the molecule is CCc1c(C(=O)NCc2ccc(C)nc2)cc(N2CCCCC2=O)cc1-c1ccccc1. The van der Waals surface area contributed by atoms with Gasteiger partial charge in [0.05, 0.1) is 0 Å². The van der Waals surface area contributed by atoms with Gasteiger partial charge in [-0.2, -0.15) is 0 Å². The Hall–Kier alpha value is -3.47. The zero-order valence-corrected chi connectivity index (χ0v) is 18.7. The molecule has 1 aliphatic rings. The summed E-state index contributed by atoms with van der Waals surface area (Å²) in [5.74, 6) is -0.0116. The summed E-state index contributed by atoms with van der Waals surface area (Å²) in [6.45, 7) is 5.10.